The van der Waals surface area contributed by atoms with Crippen LogP contribution in [0.15, 0.2) is 6.07 Å². The summed E-state index contributed by atoms with van der Waals surface area (Å²) in [5, 5.41) is 0. The number of carbonyl (C=O) groups is 1. The van der Waals surface area contributed by atoms with Gasteiger partial charge < -0.3 is 14.6 Å². The molecule has 0 aromatic carbocycles. The number of hydrogen-bond acceptors (Lipinski definition) is 4. The first-order valence-corrected chi connectivity index (χ1v) is 10.3. The Hall–Kier alpha value is -1.76. The highest BCUT2D eigenvalue weighted by Gasteiger charge is 2.17. The van der Waals surface area contributed by atoms with Crippen molar-refractivity contribution < 1.29 is 14.4 Å². The Labute approximate surface area is 119 Å². The zero-order valence-corrected chi connectivity index (χ0v) is 13.6. The number of nitrogens with zero attached hydrogens (tertiary/aromatic N) is 2. The fourth-order valence-corrected chi connectivity index (χ4v) is 2.58. The Balaban J connectivity index is 2.21. The Morgan fingerprint density at radius 2 is 2.15 bits per heavy atom. The molecule has 0 aliphatic rings. The predicted octanol–water partition coefficient (Wildman–Crippen LogP) is 2.23. The number of esters is 1. The first-order chi connectivity index (χ1) is 9.31. The van der Waals surface area contributed by atoms with Crippen LogP contribution < -0.4 is 4.84 Å². The van der Waals surface area contributed by atoms with Crippen molar-refractivity contribution in [3.63, 3.8) is 0 Å². The van der Waals surface area contributed by atoms with Crippen molar-refractivity contribution in [3.05, 3.63) is 17.6 Å². The fraction of sp³-hybridized carbons (Fsp3) is 0.538. The monoisotopic (exact) mass is 295 g/mol. The SMILES string of the molecule is COC(=O)c1cc2c(nc(C)n2OCC[Si](C)(C)C)[nH]1. The van der Waals surface area contributed by atoms with E-state index in [-0.39, 0.29) is 0 Å². The number of carbonyl (C=O) groups excluding carboxylic acids is 1. The van der Waals surface area contributed by atoms with Gasteiger partial charge in [0.25, 0.3) is 0 Å². The van der Waals surface area contributed by atoms with Crippen molar-refractivity contribution in [3.8, 4) is 0 Å². The van der Waals surface area contributed by atoms with E-state index in [2.05, 4.69) is 34.3 Å². The molecule has 0 amide bonds. The van der Waals surface area contributed by atoms with E-state index in [1.54, 1.807) is 10.8 Å². The number of aromatic amines is 1. The molecule has 2 aromatic heterocycles. The number of imidazole rings is 1. The smallest absolute Gasteiger partial charge is 0.354 e. The molecule has 7 heteroatoms. The summed E-state index contributed by atoms with van der Waals surface area (Å²) in [7, 11) is 0.218. The summed E-state index contributed by atoms with van der Waals surface area (Å²) < 4.78 is 6.37. The number of nitrogens with one attached hydrogen (secondary N) is 1. The lowest BCUT2D eigenvalue weighted by molar-refractivity contribution is 0.0595. The van der Waals surface area contributed by atoms with Crippen LogP contribution in [0.5, 0.6) is 0 Å². The van der Waals surface area contributed by atoms with Gasteiger partial charge in [0.1, 0.15) is 23.6 Å². The summed E-state index contributed by atoms with van der Waals surface area (Å²) in [5.41, 5.74) is 1.78. The number of fused-ring (bicyclic) bond motifs is 1. The molecule has 0 bridgehead atoms. The highest BCUT2D eigenvalue weighted by Crippen LogP contribution is 2.17. The lowest BCUT2D eigenvalue weighted by Crippen LogP contribution is -2.25. The molecule has 0 saturated heterocycles. The maximum absolute atomic E-state index is 11.5. The van der Waals surface area contributed by atoms with E-state index in [1.807, 2.05) is 6.92 Å². The predicted molar refractivity (Wildman–Crippen MR) is 79.8 cm³/mol. The third-order valence-electron chi connectivity index (χ3n) is 3.04. The number of methoxy groups -OCH3 is 1. The number of aromatic nitrogens is 3. The van der Waals surface area contributed by atoms with Gasteiger partial charge in [-0.2, -0.15) is 4.73 Å². The van der Waals surface area contributed by atoms with Crippen LogP contribution in [0.25, 0.3) is 11.2 Å². The van der Waals surface area contributed by atoms with Crippen LogP contribution in [-0.2, 0) is 4.74 Å². The Morgan fingerprint density at radius 3 is 2.75 bits per heavy atom. The average Bonchev–Trinajstić information content (AvgIpc) is 2.86. The van der Waals surface area contributed by atoms with Gasteiger partial charge >= 0.3 is 5.97 Å². The summed E-state index contributed by atoms with van der Waals surface area (Å²) in [6, 6.07) is 2.77. The lowest BCUT2D eigenvalue weighted by Gasteiger charge is -2.16. The summed E-state index contributed by atoms with van der Waals surface area (Å²) in [5.74, 6) is 0.354. The van der Waals surface area contributed by atoms with Gasteiger partial charge in [0, 0.05) is 14.1 Å². The highest BCUT2D eigenvalue weighted by molar-refractivity contribution is 6.76. The summed E-state index contributed by atoms with van der Waals surface area (Å²) in [4.78, 5) is 24.6. The summed E-state index contributed by atoms with van der Waals surface area (Å²) >= 11 is 0. The first-order valence-electron chi connectivity index (χ1n) is 6.61. The van der Waals surface area contributed by atoms with Crippen molar-refractivity contribution in [1.82, 2.24) is 14.7 Å². The number of ether oxygens (including phenoxy) is 1. The van der Waals surface area contributed by atoms with Crippen molar-refractivity contribution in [2.24, 2.45) is 0 Å². The van der Waals surface area contributed by atoms with E-state index in [0.29, 0.717) is 17.9 Å². The van der Waals surface area contributed by atoms with Crippen molar-refractivity contribution >= 4 is 25.2 Å². The second-order valence-corrected chi connectivity index (χ2v) is 11.6. The largest absolute Gasteiger partial charge is 0.464 e. The third kappa shape index (κ3) is 3.04. The number of aryl methyl sites for hydroxylation is 1. The van der Waals surface area contributed by atoms with Crippen LogP contribution in [0.2, 0.25) is 25.7 Å². The van der Waals surface area contributed by atoms with E-state index in [9.17, 15) is 4.79 Å². The number of H-pyrrole nitrogens is 1. The minimum absolute atomic E-state index is 0.382. The second kappa shape index (κ2) is 5.32. The maximum atomic E-state index is 11.5. The molecule has 1 N–H and O–H groups in total. The molecule has 0 unspecified atom stereocenters. The van der Waals surface area contributed by atoms with Gasteiger partial charge in [0.2, 0.25) is 0 Å². The summed E-state index contributed by atoms with van der Waals surface area (Å²) in [6.45, 7) is 9.44. The maximum Gasteiger partial charge on any atom is 0.354 e. The molecular weight excluding hydrogens is 274 g/mol. The van der Waals surface area contributed by atoms with Gasteiger partial charge in [-0.15, -0.1) is 0 Å². The van der Waals surface area contributed by atoms with Gasteiger partial charge in [-0.3, -0.25) is 0 Å². The molecule has 0 aliphatic heterocycles. The van der Waals surface area contributed by atoms with E-state index < -0.39 is 14.0 Å². The van der Waals surface area contributed by atoms with Gasteiger partial charge in [0.15, 0.2) is 5.65 Å². The van der Waals surface area contributed by atoms with Crippen molar-refractivity contribution in [1.29, 1.82) is 0 Å². The fourth-order valence-electron chi connectivity index (χ4n) is 1.88. The molecule has 110 valence electrons. The number of rotatable bonds is 5. The molecule has 2 heterocycles. The third-order valence-corrected chi connectivity index (χ3v) is 4.74. The van der Waals surface area contributed by atoms with E-state index >= 15 is 0 Å². The second-order valence-electron chi connectivity index (χ2n) is 6.01. The van der Waals surface area contributed by atoms with Gasteiger partial charge in [-0.1, -0.05) is 19.6 Å². The highest BCUT2D eigenvalue weighted by atomic mass is 28.3. The van der Waals surface area contributed by atoms with Crippen LogP contribution in [0.1, 0.15) is 16.3 Å². The molecule has 6 nitrogen and oxygen atoms in total. The van der Waals surface area contributed by atoms with Gasteiger partial charge in [0.05, 0.1) is 7.11 Å². The summed E-state index contributed by atoms with van der Waals surface area (Å²) in [6.07, 6.45) is 0. The van der Waals surface area contributed by atoms with Crippen LogP contribution in [-0.4, -0.2) is 42.5 Å². The first kappa shape index (κ1) is 14.6. The topological polar surface area (TPSA) is 69.1 Å². The van der Waals surface area contributed by atoms with Crippen LogP contribution >= 0.6 is 0 Å². The normalized spacial score (nSPS) is 11.8. The zero-order chi connectivity index (χ0) is 14.9. The molecule has 20 heavy (non-hydrogen) atoms. The minimum atomic E-state index is -1.13. The van der Waals surface area contributed by atoms with E-state index in [0.717, 1.165) is 17.4 Å². The molecule has 2 rings (SSSR count). The van der Waals surface area contributed by atoms with E-state index in [4.69, 9.17) is 4.84 Å². The zero-order valence-electron chi connectivity index (χ0n) is 12.6. The lowest BCUT2D eigenvalue weighted by atomic mass is 10.4. The molecule has 0 spiro atoms. The Kier molecular flexibility index (Phi) is 3.89. The van der Waals surface area contributed by atoms with Gasteiger partial charge in [-0.25, -0.2) is 9.78 Å². The minimum Gasteiger partial charge on any atom is -0.464 e. The van der Waals surface area contributed by atoms with Crippen LogP contribution in [0, 0.1) is 6.92 Å². The van der Waals surface area contributed by atoms with Crippen molar-refractivity contribution in [2.75, 3.05) is 13.7 Å². The molecular formula is C13H21N3O3Si. The molecule has 0 aliphatic carbocycles. The molecule has 0 fully saturated rings. The standard InChI is InChI=1S/C13H21N3O3Si/c1-9-14-12-11(8-10(15-12)13(17)18-2)16(9)19-6-7-20(3,4)5/h8,15H,6-7H2,1-5H3. The van der Waals surface area contributed by atoms with Crippen molar-refractivity contribution in [2.45, 2.75) is 32.6 Å². The molecule has 2 aromatic rings. The van der Waals surface area contributed by atoms with Crippen LogP contribution in [0.3, 0.4) is 0 Å². The molecule has 0 atom stereocenters. The Bertz CT molecular complexity index is 625. The Morgan fingerprint density at radius 1 is 1.45 bits per heavy atom. The van der Waals surface area contributed by atoms with Crippen LogP contribution in [0.4, 0.5) is 0 Å². The number of hydrogen-bond donors (Lipinski definition) is 1. The quantitative estimate of drug-likeness (QED) is 0.678. The van der Waals surface area contributed by atoms with Gasteiger partial charge in [-0.05, 0) is 13.0 Å². The molecule has 0 saturated carbocycles. The van der Waals surface area contributed by atoms with E-state index in [1.165, 1.54) is 7.11 Å². The average molecular weight is 295 g/mol. The molecule has 0 radical (unpaired) electrons.